The van der Waals surface area contributed by atoms with Crippen molar-refractivity contribution in [2.45, 2.75) is 6.16 Å². The first-order valence-electron chi connectivity index (χ1n) is 10.0. The van der Waals surface area contributed by atoms with Crippen LogP contribution in [-0.2, 0) is 6.16 Å². The van der Waals surface area contributed by atoms with Gasteiger partial charge >= 0.3 is 200 Å². The molecule has 1 nitrogen and oxygen atoms in total. The molecule has 2 heterocycles. The van der Waals surface area contributed by atoms with Crippen LogP contribution < -0.4 is 15.9 Å². The monoisotopic (exact) mass is 523 g/mol. The van der Waals surface area contributed by atoms with Gasteiger partial charge in [0.1, 0.15) is 0 Å². The van der Waals surface area contributed by atoms with Gasteiger partial charge in [0.2, 0.25) is 0 Å². The van der Waals surface area contributed by atoms with Gasteiger partial charge in [-0.1, -0.05) is 0 Å². The Balaban J connectivity index is 1.84. The van der Waals surface area contributed by atoms with Gasteiger partial charge in [0.25, 0.3) is 0 Å². The van der Waals surface area contributed by atoms with Crippen molar-refractivity contribution in [3.63, 3.8) is 0 Å². The van der Waals surface area contributed by atoms with Gasteiger partial charge < -0.3 is 0 Å². The van der Waals surface area contributed by atoms with Crippen molar-refractivity contribution in [3.8, 4) is 0 Å². The van der Waals surface area contributed by atoms with E-state index in [1.807, 2.05) is 18.2 Å². The predicted molar refractivity (Wildman–Crippen MR) is 142 cm³/mol. The molecule has 0 aliphatic carbocycles. The van der Waals surface area contributed by atoms with Crippen LogP contribution >= 0.6 is 44.5 Å². The summed E-state index contributed by atoms with van der Waals surface area (Å²) in [5.41, 5.74) is 1.99. The molecule has 0 unspecified atom stereocenters. The molecule has 5 rings (SSSR count). The van der Waals surface area contributed by atoms with Crippen LogP contribution in [0.25, 0.3) is 10.2 Å². The number of benzene rings is 3. The fourth-order valence-corrected chi connectivity index (χ4v) is 11.7. The second-order valence-electron chi connectivity index (χ2n) is 7.58. The van der Waals surface area contributed by atoms with E-state index in [9.17, 15) is 0 Å². The van der Waals surface area contributed by atoms with E-state index in [1.165, 1.54) is 4.70 Å². The molecule has 0 radical (unpaired) electrons. The van der Waals surface area contributed by atoms with Crippen molar-refractivity contribution in [1.29, 1.82) is 0 Å². The van der Waals surface area contributed by atoms with Crippen LogP contribution in [0.4, 0.5) is 0 Å². The van der Waals surface area contributed by atoms with Gasteiger partial charge in [0.05, 0.1) is 0 Å². The van der Waals surface area contributed by atoms with Crippen molar-refractivity contribution < 1.29 is 0 Å². The second-order valence-corrected chi connectivity index (χ2v) is 15.8. The molecule has 5 heteroatoms. The van der Waals surface area contributed by atoms with Crippen LogP contribution in [-0.4, -0.2) is 4.98 Å². The van der Waals surface area contributed by atoms with E-state index < -0.39 is 5.96 Å². The van der Waals surface area contributed by atoms with Gasteiger partial charge in [0, 0.05) is 0 Å². The molecule has 0 atom stereocenters. The standard InChI is InChI=1S/C26H20BrClNPS/c27-24-19-31-25-17-16-20(29-26(24)25)18-30(28,21-10-4-1-5-11-21,22-12-6-2-7-13-22)23-14-8-3-9-15-23/h1-17,19H,18H2. The van der Waals surface area contributed by atoms with E-state index in [4.69, 9.17) is 16.2 Å². The van der Waals surface area contributed by atoms with E-state index in [0.717, 1.165) is 31.6 Å². The van der Waals surface area contributed by atoms with Crippen molar-refractivity contribution in [2.75, 3.05) is 0 Å². The fourth-order valence-electron chi connectivity index (χ4n) is 4.25. The normalized spacial score (nSPS) is 13.0. The van der Waals surface area contributed by atoms with Crippen molar-refractivity contribution in [3.05, 3.63) is 119 Å². The minimum absolute atomic E-state index is 0.642. The number of nitrogens with zero attached hydrogens (tertiary/aromatic N) is 1. The molecule has 31 heavy (non-hydrogen) atoms. The molecule has 0 fully saturated rings. The fraction of sp³-hybridized carbons (Fsp3) is 0.0385. The summed E-state index contributed by atoms with van der Waals surface area (Å²) in [4.78, 5) is 5.05. The molecule has 3 aromatic carbocycles. The van der Waals surface area contributed by atoms with E-state index >= 15 is 0 Å². The van der Waals surface area contributed by atoms with Crippen molar-refractivity contribution >= 4 is 70.6 Å². The third kappa shape index (κ3) is 3.45. The molecular formula is C26H20BrClNPS. The third-order valence-corrected chi connectivity index (χ3v) is 14.8. The topological polar surface area (TPSA) is 12.9 Å². The number of halogens is 2. The SMILES string of the molecule is ClP(Cc1ccc2scc(Br)c2n1)(c1ccccc1)(c1ccccc1)c1ccccc1. The Bertz CT molecular complexity index is 1240. The Morgan fingerprint density at radius 3 is 1.68 bits per heavy atom. The molecule has 0 amide bonds. The van der Waals surface area contributed by atoms with Crippen LogP contribution in [0.15, 0.2) is 113 Å². The number of pyridine rings is 1. The van der Waals surface area contributed by atoms with E-state index in [2.05, 4.69) is 106 Å². The van der Waals surface area contributed by atoms with E-state index in [0.29, 0.717) is 6.16 Å². The quantitative estimate of drug-likeness (QED) is 0.221. The Kier molecular flexibility index (Phi) is 5.48. The summed E-state index contributed by atoms with van der Waals surface area (Å²) in [6, 6.07) is 35.9. The average molecular weight is 525 g/mol. The molecule has 0 saturated carbocycles. The van der Waals surface area contributed by atoms with Crippen molar-refractivity contribution in [1.82, 2.24) is 4.98 Å². The Morgan fingerprint density at radius 2 is 1.19 bits per heavy atom. The summed E-state index contributed by atoms with van der Waals surface area (Å²) in [5, 5.41) is 5.55. The zero-order chi connectivity index (χ0) is 21.3. The predicted octanol–water partition coefficient (Wildman–Crippen LogP) is 7.24. The molecule has 0 bridgehead atoms. The minimum atomic E-state index is -3.37. The van der Waals surface area contributed by atoms with E-state index in [-0.39, 0.29) is 0 Å². The molecule has 2 aromatic heterocycles. The summed E-state index contributed by atoms with van der Waals surface area (Å²) >= 11 is 13.5. The first-order chi connectivity index (χ1) is 15.1. The number of hydrogen-bond donors (Lipinski definition) is 0. The maximum atomic E-state index is 8.15. The first-order valence-corrected chi connectivity index (χ1v) is 15.0. The first kappa shape index (κ1) is 20.8. The summed E-state index contributed by atoms with van der Waals surface area (Å²) in [5.74, 6) is -3.37. The van der Waals surface area contributed by atoms with E-state index in [1.54, 1.807) is 11.3 Å². The molecular weight excluding hydrogens is 505 g/mol. The van der Waals surface area contributed by atoms with Gasteiger partial charge in [-0.25, -0.2) is 0 Å². The van der Waals surface area contributed by atoms with Crippen molar-refractivity contribution in [2.24, 2.45) is 0 Å². The summed E-state index contributed by atoms with van der Waals surface area (Å²) < 4.78 is 2.20. The van der Waals surface area contributed by atoms with Crippen LogP contribution in [0, 0.1) is 0 Å². The van der Waals surface area contributed by atoms with Gasteiger partial charge in [0.15, 0.2) is 0 Å². The number of aromatic nitrogens is 1. The molecule has 0 spiro atoms. The second kappa shape index (κ2) is 8.15. The number of fused-ring (bicyclic) bond motifs is 1. The number of rotatable bonds is 5. The zero-order valence-corrected chi connectivity index (χ0v) is 20.7. The third-order valence-electron chi connectivity index (χ3n) is 5.77. The van der Waals surface area contributed by atoms with Crippen LogP contribution in [0.2, 0.25) is 0 Å². The molecule has 0 aliphatic rings. The Morgan fingerprint density at radius 1 is 0.710 bits per heavy atom. The Hall–Kier alpha value is -2.03. The summed E-state index contributed by atoms with van der Waals surface area (Å²) in [7, 11) is 0. The zero-order valence-electron chi connectivity index (χ0n) is 16.7. The molecule has 0 aliphatic heterocycles. The summed E-state index contributed by atoms with van der Waals surface area (Å²) in [6.07, 6.45) is 0.642. The molecule has 5 aromatic rings. The Labute approximate surface area is 199 Å². The van der Waals surface area contributed by atoms with Crippen LogP contribution in [0.3, 0.4) is 0 Å². The van der Waals surface area contributed by atoms with Crippen LogP contribution in [0.5, 0.6) is 0 Å². The number of hydrogen-bond acceptors (Lipinski definition) is 2. The summed E-state index contributed by atoms with van der Waals surface area (Å²) in [6.45, 7) is 0. The molecule has 0 N–H and O–H groups in total. The van der Waals surface area contributed by atoms with Gasteiger partial charge in [-0.2, -0.15) is 0 Å². The van der Waals surface area contributed by atoms with Gasteiger partial charge in [-0.3, -0.25) is 0 Å². The molecule has 154 valence electrons. The van der Waals surface area contributed by atoms with Gasteiger partial charge in [-0.15, -0.1) is 0 Å². The van der Waals surface area contributed by atoms with Crippen LogP contribution in [0.1, 0.15) is 5.69 Å². The number of thiophene rings is 1. The average Bonchev–Trinajstić information content (AvgIpc) is 3.21. The van der Waals surface area contributed by atoms with Gasteiger partial charge in [-0.05, 0) is 0 Å². The molecule has 0 saturated heterocycles. The maximum absolute atomic E-state index is 8.15.